The number of hydrogen-bond donors (Lipinski definition) is 1. The van der Waals surface area contributed by atoms with E-state index < -0.39 is 27.4 Å². The van der Waals surface area contributed by atoms with Crippen molar-refractivity contribution in [2.24, 2.45) is 0 Å². The molecule has 3 aromatic rings. The number of halogens is 2. The minimum Gasteiger partial charge on any atom is -0.322 e. The minimum atomic E-state index is -3.13. The maximum absolute atomic E-state index is 13.6. The number of carbonyl (C=O) groups is 1. The Bertz CT molecular complexity index is 1330. The van der Waals surface area contributed by atoms with Crippen LogP contribution in [0.4, 0.5) is 14.5 Å². The standard InChI is InChI=1S/C21H20F2N4O3S/c1-11-19-15(21(28)24-13-4-5-16(22)17(23)8-13)9-18(12-2-3-12)25-20(19)27(26-11)14-6-7-31(29,30)10-14/h4-5,8-9,12,14H,2-3,6-7,10H2,1H3,(H,24,28)/t14-/m0/s1. The summed E-state index contributed by atoms with van der Waals surface area (Å²) in [5.74, 6) is -2.19. The van der Waals surface area contributed by atoms with E-state index >= 15 is 0 Å². The largest absolute Gasteiger partial charge is 0.322 e. The van der Waals surface area contributed by atoms with Crippen LogP contribution < -0.4 is 5.32 Å². The Morgan fingerprint density at radius 2 is 1.94 bits per heavy atom. The molecule has 1 aromatic carbocycles. The molecule has 2 aliphatic rings. The molecule has 2 aromatic heterocycles. The zero-order valence-corrected chi connectivity index (χ0v) is 17.5. The molecule has 1 saturated heterocycles. The van der Waals surface area contributed by atoms with Gasteiger partial charge in [-0.25, -0.2) is 26.9 Å². The lowest BCUT2D eigenvalue weighted by Gasteiger charge is -2.12. The quantitative estimate of drug-likeness (QED) is 0.662. The summed E-state index contributed by atoms with van der Waals surface area (Å²) in [6, 6.07) is 4.56. The summed E-state index contributed by atoms with van der Waals surface area (Å²) in [5.41, 5.74) is 2.27. The summed E-state index contributed by atoms with van der Waals surface area (Å²) in [6.07, 6.45) is 2.38. The fourth-order valence-corrected chi connectivity index (χ4v) is 5.79. The monoisotopic (exact) mass is 446 g/mol. The molecule has 5 rings (SSSR count). The van der Waals surface area contributed by atoms with E-state index in [-0.39, 0.29) is 29.2 Å². The first-order valence-electron chi connectivity index (χ1n) is 10.1. The van der Waals surface area contributed by atoms with E-state index in [1.807, 2.05) is 0 Å². The number of carbonyl (C=O) groups excluding carboxylic acids is 1. The van der Waals surface area contributed by atoms with Gasteiger partial charge in [-0.2, -0.15) is 5.10 Å². The van der Waals surface area contributed by atoms with Gasteiger partial charge >= 0.3 is 0 Å². The van der Waals surface area contributed by atoms with Crippen LogP contribution in [0, 0.1) is 18.6 Å². The predicted octanol–water partition coefficient (Wildman–Crippen LogP) is 3.51. The molecule has 3 heterocycles. The third kappa shape index (κ3) is 3.69. The van der Waals surface area contributed by atoms with E-state index in [4.69, 9.17) is 4.98 Å². The third-order valence-electron chi connectivity index (χ3n) is 5.83. The number of nitrogens with one attached hydrogen (secondary N) is 1. The number of aryl methyl sites for hydroxylation is 1. The molecule has 0 radical (unpaired) electrons. The second kappa shape index (κ2) is 7.08. The van der Waals surface area contributed by atoms with Gasteiger partial charge in [-0.15, -0.1) is 0 Å². The highest BCUT2D eigenvalue weighted by atomic mass is 32.2. The van der Waals surface area contributed by atoms with E-state index in [1.54, 1.807) is 17.7 Å². The molecule has 2 fully saturated rings. The molecule has 0 spiro atoms. The second-order valence-electron chi connectivity index (χ2n) is 8.24. The van der Waals surface area contributed by atoms with Gasteiger partial charge in [0.15, 0.2) is 27.1 Å². The number of anilines is 1. The van der Waals surface area contributed by atoms with Crippen LogP contribution in [0.5, 0.6) is 0 Å². The molecule has 31 heavy (non-hydrogen) atoms. The van der Waals surface area contributed by atoms with Crippen molar-refractivity contribution in [2.45, 2.75) is 38.1 Å². The average molecular weight is 446 g/mol. The Balaban J connectivity index is 1.60. The molecule has 10 heteroatoms. The number of pyridine rings is 1. The smallest absolute Gasteiger partial charge is 0.256 e. The van der Waals surface area contributed by atoms with Gasteiger partial charge in [0.2, 0.25) is 0 Å². The maximum atomic E-state index is 13.6. The van der Waals surface area contributed by atoms with E-state index in [9.17, 15) is 22.0 Å². The topological polar surface area (TPSA) is 93.9 Å². The molecule has 0 bridgehead atoms. The highest BCUT2D eigenvalue weighted by molar-refractivity contribution is 7.91. The first kappa shape index (κ1) is 20.0. The van der Waals surface area contributed by atoms with Gasteiger partial charge in [0, 0.05) is 23.4 Å². The number of aromatic nitrogens is 3. The summed E-state index contributed by atoms with van der Waals surface area (Å²) >= 11 is 0. The fourth-order valence-electron chi connectivity index (χ4n) is 4.09. The van der Waals surface area contributed by atoms with Crippen molar-refractivity contribution in [3.05, 3.63) is 52.9 Å². The van der Waals surface area contributed by atoms with Gasteiger partial charge in [-0.3, -0.25) is 4.79 Å². The number of benzene rings is 1. The van der Waals surface area contributed by atoms with Crippen molar-refractivity contribution in [1.29, 1.82) is 0 Å². The molecule has 7 nitrogen and oxygen atoms in total. The first-order chi connectivity index (χ1) is 14.7. The number of hydrogen-bond acceptors (Lipinski definition) is 5. The minimum absolute atomic E-state index is 0.00502. The summed E-state index contributed by atoms with van der Waals surface area (Å²) in [7, 11) is -3.13. The number of amides is 1. The Morgan fingerprint density at radius 3 is 2.58 bits per heavy atom. The SMILES string of the molecule is Cc1nn([C@H]2CCS(=O)(=O)C2)c2nc(C3CC3)cc(C(=O)Nc3ccc(F)c(F)c3)c12. The van der Waals surface area contributed by atoms with Crippen molar-refractivity contribution in [2.75, 3.05) is 16.8 Å². The summed E-state index contributed by atoms with van der Waals surface area (Å²) in [6.45, 7) is 1.75. The Labute approximate surface area is 177 Å². The zero-order chi connectivity index (χ0) is 21.9. The van der Waals surface area contributed by atoms with Crippen molar-refractivity contribution < 1.29 is 22.0 Å². The Morgan fingerprint density at radius 1 is 1.16 bits per heavy atom. The van der Waals surface area contributed by atoms with Crippen LogP contribution >= 0.6 is 0 Å². The molecular formula is C21H20F2N4O3S. The van der Waals surface area contributed by atoms with Gasteiger partial charge in [0.25, 0.3) is 5.91 Å². The molecule has 1 saturated carbocycles. The fraction of sp³-hybridized carbons (Fsp3) is 0.381. The van der Waals surface area contributed by atoms with Gasteiger partial charge in [-0.1, -0.05) is 0 Å². The van der Waals surface area contributed by atoms with Crippen molar-refractivity contribution in [1.82, 2.24) is 14.8 Å². The number of rotatable bonds is 4. The lowest BCUT2D eigenvalue weighted by molar-refractivity contribution is 0.102. The summed E-state index contributed by atoms with van der Waals surface area (Å²) in [4.78, 5) is 17.9. The van der Waals surface area contributed by atoms with Gasteiger partial charge in [0.05, 0.1) is 34.2 Å². The van der Waals surface area contributed by atoms with Gasteiger partial charge in [0.1, 0.15) is 0 Å². The Kier molecular flexibility index (Phi) is 4.58. The molecule has 1 atom stereocenters. The lowest BCUT2D eigenvalue weighted by atomic mass is 10.1. The van der Waals surface area contributed by atoms with Crippen LogP contribution in [0.3, 0.4) is 0 Å². The van der Waals surface area contributed by atoms with Gasteiger partial charge < -0.3 is 5.32 Å². The van der Waals surface area contributed by atoms with Crippen LogP contribution in [0.25, 0.3) is 11.0 Å². The van der Waals surface area contributed by atoms with Crippen molar-refractivity contribution >= 4 is 32.5 Å². The summed E-state index contributed by atoms with van der Waals surface area (Å²) < 4.78 is 52.4. The molecule has 162 valence electrons. The predicted molar refractivity (Wildman–Crippen MR) is 111 cm³/mol. The van der Waals surface area contributed by atoms with Crippen LogP contribution in [0.1, 0.15) is 53.0 Å². The molecule has 1 amide bonds. The normalized spacial score (nSPS) is 20.3. The number of fused-ring (bicyclic) bond motifs is 1. The second-order valence-corrected chi connectivity index (χ2v) is 10.5. The van der Waals surface area contributed by atoms with E-state index in [0.717, 1.165) is 30.7 Å². The number of nitrogens with zero attached hydrogens (tertiary/aromatic N) is 3. The van der Waals surface area contributed by atoms with Crippen molar-refractivity contribution in [3.8, 4) is 0 Å². The Hall–Kier alpha value is -2.88. The lowest BCUT2D eigenvalue weighted by Crippen LogP contribution is -2.15. The van der Waals surface area contributed by atoms with E-state index in [0.29, 0.717) is 28.7 Å². The van der Waals surface area contributed by atoms with Gasteiger partial charge in [-0.05, 0) is 44.4 Å². The van der Waals surface area contributed by atoms with E-state index in [1.165, 1.54) is 6.07 Å². The number of sulfone groups is 1. The molecular weight excluding hydrogens is 426 g/mol. The van der Waals surface area contributed by atoms with Crippen LogP contribution in [0.15, 0.2) is 24.3 Å². The van der Waals surface area contributed by atoms with E-state index in [2.05, 4.69) is 10.4 Å². The van der Waals surface area contributed by atoms with Crippen molar-refractivity contribution in [3.63, 3.8) is 0 Å². The molecule has 1 aliphatic carbocycles. The zero-order valence-electron chi connectivity index (χ0n) is 16.7. The van der Waals surface area contributed by atoms with Crippen LogP contribution in [0.2, 0.25) is 0 Å². The highest BCUT2D eigenvalue weighted by Crippen LogP contribution is 2.41. The summed E-state index contributed by atoms with van der Waals surface area (Å²) in [5, 5.41) is 7.69. The third-order valence-corrected chi connectivity index (χ3v) is 7.58. The van der Waals surface area contributed by atoms with Crippen LogP contribution in [-0.4, -0.2) is 40.6 Å². The molecule has 1 N–H and O–H groups in total. The average Bonchev–Trinajstić information content (AvgIpc) is 3.43. The maximum Gasteiger partial charge on any atom is 0.256 e. The van der Waals surface area contributed by atoms with Crippen LogP contribution in [-0.2, 0) is 9.84 Å². The highest BCUT2D eigenvalue weighted by Gasteiger charge is 2.34. The first-order valence-corrected chi connectivity index (χ1v) is 11.9. The molecule has 0 unspecified atom stereocenters. The molecule has 1 aliphatic heterocycles.